The number of benzene rings is 2. The molecule has 7 nitrogen and oxygen atoms in total. The number of hydrogen-bond acceptors (Lipinski definition) is 5. The Bertz CT molecular complexity index is 1230. The molecule has 0 saturated carbocycles. The maximum atomic E-state index is 12.5. The minimum absolute atomic E-state index is 0.00282. The number of hydrogen-bond donors (Lipinski definition) is 2. The molecule has 2 aromatic carbocycles. The third-order valence-corrected chi connectivity index (χ3v) is 6.00. The molecule has 3 aromatic rings. The normalized spacial score (nSPS) is 12.0. The fourth-order valence-corrected chi connectivity index (χ4v) is 3.80. The van der Waals surface area contributed by atoms with Gasteiger partial charge in [0.05, 0.1) is 4.90 Å². The predicted octanol–water partition coefficient (Wildman–Crippen LogP) is 4.54. The van der Waals surface area contributed by atoms with Gasteiger partial charge in [-0.2, -0.15) is 0 Å². The zero-order chi connectivity index (χ0) is 23.4. The van der Waals surface area contributed by atoms with E-state index in [0.29, 0.717) is 11.4 Å². The number of rotatable bonds is 6. The quantitative estimate of drug-likeness (QED) is 0.537. The Kier molecular flexibility index (Phi) is 6.74. The minimum Gasteiger partial charge on any atom is -0.323 e. The highest BCUT2D eigenvalue weighted by Gasteiger charge is 2.16. The highest BCUT2D eigenvalue weighted by atomic mass is 32.2. The standard InChI is InChI=1S/C24H26N4O3S/c1-17-15-16-25-23(26-17)28-32(30,31)21-12-10-20(11-13-21)27-22(29)14-7-18-5-8-19(9-6-18)24(2,3)4/h5-16H,1-4H3,(H,27,29)(H,25,26,28)/b14-7+. The third kappa shape index (κ3) is 6.24. The molecule has 0 saturated heterocycles. The zero-order valence-electron chi connectivity index (χ0n) is 18.5. The highest BCUT2D eigenvalue weighted by molar-refractivity contribution is 7.92. The fourth-order valence-electron chi connectivity index (χ4n) is 2.84. The first kappa shape index (κ1) is 23.1. The van der Waals surface area contributed by atoms with Crippen molar-refractivity contribution in [2.45, 2.75) is 38.0 Å². The SMILES string of the molecule is Cc1ccnc(NS(=O)(=O)c2ccc(NC(=O)/C=C/c3ccc(C(C)(C)C)cc3)cc2)n1. The second kappa shape index (κ2) is 9.32. The van der Waals surface area contributed by atoms with E-state index in [9.17, 15) is 13.2 Å². The number of amides is 1. The molecule has 0 atom stereocenters. The van der Waals surface area contributed by atoms with Gasteiger partial charge in [0.25, 0.3) is 10.0 Å². The van der Waals surface area contributed by atoms with Crippen LogP contribution in [-0.4, -0.2) is 24.3 Å². The second-order valence-electron chi connectivity index (χ2n) is 8.35. The van der Waals surface area contributed by atoms with Gasteiger partial charge in [-0.15, -0.1) is 0 Å². The van der Waals surface area contributed by atoms with E-state index in [1.807, 2.05) is 24.3 Å². The molecule has 2 N–H and O–H groups in total. The van der Waals surface area contributed by atoms with Gasteiger partial charge in [0.2, 0.25) is 11.9 Å². The van der Waals surface area contributed by atoms with E-state index in [2.05, 4.69) is 40.8 Å². The molecule has 1 aromatic heterocycles. The summed E-state index contributed by atoms with van der Waals surface area (Å²) < 4.78 is 27.3. The van der Waals surface area contributed by atoms with Gasteiger partial charge < -0.3 is 5.32 Å². The van der Waals surface area contributed by atoms with E-state index < -0.39 is 10.0 Å². The Balaban J connectivity index is 1.62. The van der Waals surface area contributed by atoms with Crippen LogP contribution in [0.25, 0.3) is 6.08 Å². The number of anilines is 2. The second-order valence-corrected chi connectivity index (χ2v) is 10.0. The Hall–Kier alpha value is -3.52. The van der Waals surface area contributed by atoms with Crippen molar-refractivity contribution in [3.63, 3.8) is 0 Å². The summed E-state index contributed by atoms with van der Waals surface area (Å²) in [6.07, 6.45) is 4.64. The summed E-state index contributed by atoms with van der Waals surface area (Å²) >= 11 is 0. The average molecular weight is 451 g/mol. The molecule has 0 aliphatic heterocycles. The van der Waals surface area contributed by atoms with Gasteiger partial charge >= 0.3 is 0 Å². The topological polar surface area (TPSA) is 101 Å². The first-order chi connectivity index (χ1) is 15.0. The lowest BCUT2D eigenvalue weighted by Gasteiger charge is -2.18. The van der Waals surface area contributed by atoms with Crippen molar-refractivity contribution in [2.24, 2.45) is 0 Å². The van der Waals surface area contributed by atoms with Gasteiger partial charge in [0.1, 0.15) is 0 Å². The van der Waals surface area contributed by atoms with E-state index in [0.717, 1.165) is 5.56 Å². The van der Waals surface area contributed by atoms with Crippen LogP contribution in [0.1, 0.15) is 37.6 Å². The lowest BCUT2D eigenvalue weighted by molar-refractivity contribution is -0.111. The molecule has 0 unspecified atom stereocenters. The van der Waals surface area contributed by atoms with Gasteiger partial charge in [-0.1, -0.05) is 45.0 Å². The molecular weight excluding hydrogens is 424 g/mol. The van der Waals surface area contributed by atoms with Crippen molar-refractivity contribution < 1.29 is 13.2 Å². The maximum Gasteiger partial charge on any atom is 0.264 e. The van der Waals surface area contributed by atoms with E-state index in [1.54, 1.807) is 19.1 Å². The average Bonchev–Trinajstić information content (AvgIpc) is 2.72. The lowest BCUT2D eigenvalue weighted by atomic mass is 9.87. The molecule has 0 aliphatic rings. The van der Waals surface area contributed by atoms with Crippen molar-refractivity contribution in [3.8, 4) is 0 Å². The predicted molar refractivity (Wildman–Crippen MR) is 127 cm³/mol. The molecule has 32 heavy (non-hydrogen) atoms. The molecule has 0 aliphatic carbocycles. The van der Waals surface area contributed by atoms with Crippen LogP contribution in [0.4, 0.5) is 11.6 Å². The van der Waals surface area contributed by atoms with Gasteiger partial charge in [0, 0.05) is 23.7 Å². The Labute approximate surface area is 188 Å². The van der Waals surface area contributed by atoms with Crippen LogP contribution in [-0.2, 0) is 20.2 Å². The van der Waals surface area contributed by atoms with Crippen LogP contribution < -0.4 is 10.0 Å². The van der Waals surface area contributed by atoms with Gasteiger partial charge in [-0.05, 0) is 59.9 Å². The molecule has 166 valence electrons. The van der Waals surface area contributed by atoms with Crippen LogP contribution in [0.3, 0.4) is 0 Å². The van der Waals surface area contributed by atoms with E-state index in [-0.39, 0.29) is 22.2 Å². The summed E-state index contributed by atoms with van der Waals surface area (Å²) in [4.78, 5) is 20.2. The summed E-state index contributed by atoms with van der Waals surface area (Å²) in [6, 6.07) is 15.6. The maximum absolute atomic E-state index is 12.5. The molecule has 0 bridgehead atoms. The highest BCUT2D eigenvalue weighted by Crippen LogP contribution is 2.22. The number of carbonyl (C=O) groups is 1. The molecule has 0 radical (unpaired) electrons. The van der Waals surface area contributed by atoms with Crippen molar-refractivity contribution in [1.29, 1.82) is 0 Å². The van der Waals surface area contributed by atoms with Crippen LogP contribution >= 0.6 is 0 Å². The van der Waals surface area contributed by atoms with Crippen LogP contribution in [0.5, 0.6) is 0 Å². The molecule has 0 fully saturated rings. The van der Waals surface area contributed by atoms with E-state index >= 15 is 0 Å². The number of aromatic nitrogens is 2. The number of carbonyl (C=O) groups excluding carboxylic acids is 1. The molecule has 0 spiro atoms. The monoisotopic (exact) mass is 450 g/mol. The third-order valence-electron chi connectivity index (χ3n) is 4.66. The van der Waals surface area contributed by atoms with Crippen molar-refractivity contribution in [3.05, 3.63) is 83.7 Å². The molecule has 1 amide bonds. The number of sulfonamides is 1. The van der Waals surface area contributed by atoms with Crippen molar-refractivity contribution in [1.82, 2.24) is 9.97 Å². The van der Waals surface area contributed by atoms with Gasteiger partial charge in [-0.25, -0.2) is 23.1 Å². The number of aryl methyl sites for hydroxylation is 1. The molecule has 8 heteroatoms. The van der Waals surface area contributed by atoms with Crippen LogP contribution in [0.2, 0.25) is 0 Å². The van der Waals surface area contributed by atoms with Crippen LogP contribution in [0, 0.1) is 6.92 Å². The first-order valence-corrected chi connectivity index (χ1v) is 11.5. The zero-order valence-corrected chi connectivity index (χ0v) is 19.3. The van der Waals surface area contributed by atoms with Crippen molar-refractivity contribution in [2.75, 3.05) is 10.0 Å². The smallest absolute Gasteiger partial charge is 0.264 e. The first-order valence-electron chi connectivity index (χ1n) is 10.1. The van der Waals surface area contributed by atoms with Crippen molar-refractivity contribution >= 4 is 33.6 Å². The summed E-state index contributed by atoms with van der Waals surface area (Å²) in [6.45, 7) is 8.18. The van der Waals surface area contributed by atoms with E-state index in [4.69, 9.17) is 0 Å². The number of nitrogens with zero attached hydrogens (tertiary/aromatic N) is 2. The van der Waals surface area contributed by atoms with Crippen LogP contribution in [0.15, 0.2) is 71.8 Å². The summed E-state index contributed by atoms with van der Waals surface area (Å²) in [5, 5.41) is 2.72. The number of nitrogens with one attached hydrogen (secondary N) is 2. The summed E-state index contributed by atoms with van der Waals surface area (Å²) in [7, 11) is -3.84. The molecular formula is C24H26N4O3S. The largest absolute Gasteiger partial charge is 0.323 e. The Morgan fingerprint density at radius 2 is 1.62 bits per heavy atom. The Morgan fingerprint density at radius 3 is 2.22 bits per heavy atom. The lowest BCUT2D eigenvalue weighted by Crippen LogP contribution is -2.15. The van der Waals surface area contributed by atoms with Gasteiger partial charge in [-0.3, -0.25) is 4.79 Å². The fraction of sp³-hybridized carbons (Fsp3) is 0.208. The summed E-state index contributed by atoms with van der Waals surface area (Å²) in [5.41, 5.74) is 3.33. The molecule has 3 rings (SSSR count). The summed E-state index contributed by atoms with van der Waals surface area (Å²) in [5.74, 6) is -0.310. The minimum atomic E-state index is -3.84. The van der Waals surface area contributed by atoms with Gasteiger partial charge in [0.15, 0.2) is 0 Å². The van der Waals surface area contributed by atoms with E-state index in [1.165, 1.54) is 42.1 Å². The molecule has 1 heterocycles. The Morgan fingerprint density at radius 1 is 0.969 bits per heavy atom.